The van der Waals surface area contributed by atoms with Gasteiger partial charge in [-0.15, -0.1) is 0 Å². The fraction of sp³-hybridized carbons (Fsp3) is 0.824. The number of aliphatic carboxylic acids is 1. The Bertz CT molecular complexity index is 320. The van der Waals surface area contributed by atoms with Gasteiger partial charge in [-0.25, -0.2) is 0 Å². The van der Waals surface area contributed by atoms with Crippen LogP contribution in [0.4, 0.5) is 0 Å². The SMILES string of the molecule is CCC(=O)O.CCNC(=O)CCCCCCCCCCC(N)=O. The van der Waals surface area contributed by atoms with Gasteiger partial charge in [-0.2, -0.15) is 0 Å². The molecule has 0 aromatic heterocycles. The topological polar surface area (TPSA) is 109 Å². The Hall–Kier alpha value is -1.59. The summed E-state index contributed by atoms with van der Waals surface area (Å²) in [5, 5.41) is 10.5. The highest BCUT2D eigenvalue weighted by atomic mass is 16.4. The second-order valence-electron chi connectivity index (χ2n) is 5.50. The standard InChI is InChI=1S/C14H28N2O2.C3H6O2/c1-2-16-14(18)12-10-8-6-4-3-5-7-9-11-13(15)17;1-2-3(4)5/h2-12H2,1H3,(H2,15,17)(H,16,18);2H2,1H3,(H,4,5). The van der Waals surface area contributed by atoms with Gasteiger partial charge in [0.2, 0.25) is 11.8 Å². The van der Waals surface area contributed by atoms with Gasteiger partial charge in [-0.1, -0.05) is 45.4 Å². The first-order valence-corrected chi connectivity index (χ1v) is 8.70. The number of rotatable bonds is 13. The van der Waals surface area contributed by atoms with Crippen molar-refractivity contribution in [2.75, 3.05) is 6.54 Å². The zero-order valence-electron chi connectivity index (χ0n) is 14.7. The van der Waals surface area contributed by atoms with E-state index in [0.717, 1.165) is 32.2 Å². The van der Waals surface area contributed by atoms with Gasteiger partial charge < -0.3 is 16.2 Å². The number of carbonyl (C=O) groups excluding carboxylic acids is 2. The second kappa shape index (κ2) is 18.5. The highest BCUT2D eigenvalue weighted by molar-refractivity contribution is 5.75. The largest absolute Gasteiger partial charge is 0.481 e. The predicted molar refractivity (Wildman–Crippen MR) is 92.0 cm³/mol. The summed E-state index contributed by atoms with van der Waals surface area (Å²) in [4.78, 5) is 31.0. The number of nitrogens with one attached hydrogen (secondary N) is 1. The van der Waals surface area contributed by atoms with Crippen LogP contribution >= 0.6 is 0 Å². The van der Waals surface area contributed by atoms with Crippen molar-refractivity contribution in [2.24, 2.45) is 5.73 Å². The van der Waals surface area contributed by atoms with E-state index in [1.54, 1.807) is 6.92 Å². The Morgan fingerprint density at radius 3 is 1.57 bits per heavy atom. The number of nitrogens with two attached hydrogens (primary N) is 1. The van der Waals surface area contributed by atoms with Crippen molar-refractivity contribution in [2.45, 2.75) is 84.5 Å². The van der Waals surface area contributed by atoms with Crippen molar-refractivity contribution < 1.29 is 19.5 Å². The molecule has 0 unspecified atom stereocenters. The first-order valence-electron chi connectivity index (χ1n) is 8.70. The molecule has 6 heteroatoms. The van der Waals surface area contributed by atoms with Crippen molar-refractivity contribution in [3.8, 4) is 0 Å². The summed E-state index contributed by atoms with van der Waals surface area (Å²) in [6, 6.07) is 0. The van der Waals surface area contributed by atoms with Gasteiger partial charge in [0, 0.05) is 25.8 Å². The molecular formula is C17H34N2O4. The molecule has 0 heterocycles. The lowest BCUT2D eigenvalue weighted by Gasteiger charge is -2.03. The van der Waals surface area contributed by atoms with Crippen LogP contribution in [0.2, 0.25) is 0 Å². The van der Waals surface area contributed by atoms with Crippen LogP contribution in [0, 0.1) is 0 Å². The lowest BCUT2D eigenvalue weighted by molar-refractivity contribution is -0.136. The van der Waals surface area contributed by atoms with Crippen LogP contribution in [0.15, 0.2) is 0 Å². The molecule has 0 bridgehead atoms. The van der Waals surface area contributed by atoms with Gasteiger partial charge in [-0.05, 0) is 19.8 Å². The van der Waals surface area contributed by atoms with Crippen molar-refractivity contribution >= 4 is 17.8 Å². The summed E-state index contributed by atoms with van der Waals surface area (Å²) in [6.45, 7) is 4.27. The van der Waals surface area contributed by atoms with E-state index >= 15 is 0 Å². The monoisotopic (exact) mass is 330 g/mol. The van der Waals surface area contributed by atoms with Crippen molar-refractivity contribution in [3.05, 3.63) is 0 Å². The zero-order valence-corrected chi connectivity index (χ0v) is 14.7. The third-order valence-corrected chi connectivity index (χ3v) is 3.25. The molecule has 2 amide bonds. The first-order chi connectivity index (χ1) is 10.9. The highest BCUT2D eigenvalue weighted by Crippen LogP contribution is 2.10. The van der Waals surface area contributed by atoms with Crippen LogP contribution in [0.1, 0.15) is 84.5 Å². The summed E-state index contributed by atoms with van der Waals surface area (Å²) in [6.07, 6.45) is 10.4. The third-order valence-electron chi connectivity index (χ3n) is 3.25. The van der Waals surface area contributed by atoms with E-state index in [0.29, 0.717) is 12.8 Å². The van der Waals surface area contributed by atoms with Crippen LogP contribution in [0.25, 0.3) is 0 Å². The maximum absolute atomic E-state index is 11.2. The smallest absolute Gasteiger partial charge is 0.303 e. The molecule has 0 aromatic carbocycles. The van der Waals surface area contributed by atoms with Gasteiger partial charge in [0.1, 0.15) is 0 Å². The van der Waals surface area contributed by atoms with E-state index in [9.17, 15) is 14.4 Å². The lowest BCUT2D eigenvalue weighted by Crippen LogP contribution is -2.21. The third kappa shape index (κ3) is 25.7. The average molecular weight is 330 g/mol. The minimum Gasteiger partial charge on any atom is -0.481 e. The first kappa shape index (κ1) is 23.7. The Morgan fingerprint density at radius 1 is 0.826 bits per heavy atom. The van der Waals surface area contributed by atoms with E-state index in [1.807, 2.05) is 6.92 Å². The molecular weight excluding hydrogens is 296 g/mol. The number of carboxylic acids is 1. The number of amides is 2. The van der Waals surface area contributed by atoms with Crippen LogP contribution < -0.4 is 11.1 Å². The molecule has 6 nitrogen and oxygen atoms in total. The Morgan fingerprint density at radius 2 is 1.22 bits per heavy atom. The number of carbonyl (C=O) groups is 3. The van der Waals surface area contributed by atoms with Gasteiger partial charge in [0.15, 0.2) is 0 Å². The molecule has 0 aromatic rings. The van der Waals surface area contributed by atoms with E-state index in [1.165, 1.54) is 25.7 Å². The molecule has 0 fully saturated rings. The van der Waals surface area contributed by atoms with Gasteiger partial charge in [-0.3, -0.25) is 14.4 Å². The number of hydrogen-bond acceptors (Lipinski definition) is 3. The van der Waals surface area contributed by atoms with E-state index < -0.39 is 5.97 Å². The molecule has 0 aliphatic carbocycles. The minimum absolute atomic E-state index is 0.170. The van der Waals surface area contributed by atoms with E-state index in [4.69, 9.17) is 10.8 Å². The van der Waals surface area contributed by atoms with Gasteiger partial charge in [0.05, 0.1) is 0 Å². The molecule has 4 N–H and O–H groups in total. The maximum atomic E-state index is 11.2. The van der Waals surface area contributed by atoms with Crippen LogP contribution in [-0.2, 0) is 14.4 Å². The minimum atomic E-state index is -0.745. The average Bonchev–Trinajstić information content (AvgIpc) is 2.49. The fourth-order valence-electron chi connectivity index (χ4n) is 1.93. The zero-order chi connectivity index (χ0) is 17.9. The summed E-state index contributed by atoms with van der Waals surface area (Å²) in [7, 11) is 0. The Kier molecular flexibility index (Phi) is 19.0. The van der Waals surface area contributed by atoms with E-state index in [-0.39, 0.29) is 18.2 Å². The molecule has 0 spiro atoms. The summed E-state index contributed by atoms with van der Waals surface area (Å²) in [5.74, 6) is -0.769. The van der Waals surface area contributed by atoms with Crippen molar-refractivity contribution in [1.82, 2.24) is 5.32 Å². The van der Waals surface area contributed by atoms with E-state index in [2.05, 4.69) is 5.32 Å². The molecule has 0 atom stereocenters. The Balaban J connectivity index is 0. The molecule has 0 radical (unpaired) electrons. The number of carboxylic acid groups (broad SMARTS) is 1. The number of hydrogen-bond donors (Lipinski definition) is 3. The summed E-state index contributed by atoms with van der Waals surface area (Å²) < 4.78 is 0. The van der Waals surface area contributed by atoms with Crippen molar-refractivity contribution in [3.63, 3.8) is 0 Å². The number of primary amides is 1. The van der Waals surface area contributed by atoms with Crippen molar-refractivity contribution in [1.29, 1.82) is 0 Å². The molecule has 23 heavy (non-hydrogen) atoms. The number of unbranched alkanes of at least 4 members (excludes halogenated alkanes) is 7. The normalized spacial score (nSPS) is 9.65. The van der Waals surface area contributed by atoms with Crippen LogP contribution in [-0.4, -0.2) is 29.4 Å². The van der Waals surface area contributed by atoms with Crippen LogP contribution in [0.5, 0.6) is 0 Å². The van der Waals surface area contributed by atoms with Gasteiger partial charge in [0.25, 0.3) is 0 Å². The quantitative estimate of drug-likeness (QED) is 0.451. The molecule has 0 rings (SSSR count). The highest BCUT2D eigenvalue weighted by Gasteiger charge is 1.99. The molecule has 0 aliphatic heterocycles. The lowest BCUT2D eigenvalue weighted by atomic mass is 10.1. The fourth-order valence-corrected chi connectivity index (χ4v) is 1.93. The second-order valence-corrected chi connectivity index (χ2v) is 5.50. The van der Waals surface area contributed by atoms with Crippen LogP contribution in [0.3, 0.4) is 0 Å². The summed E-state index contributed by atoms with van der Waals surface area (Å²) >= 11 is 0. The predicted octanol–water partition coefficient (Wildman–Crippen LogP) is 2.99. The van der Waals surface area contributed by atoms with Gasteiger partial charge >= 0.3 is 5.97 Å². The molecule has 136 valence electrons. The molecule has 0 aliphatic rings. The molecule has 0 saturated carbocycles. The maximum Gasteiger partial charge on any atom is 0.303 e. The summed E-state index contributed by atoms with van der Waals surface area (Å²) in [5.41, 5.74) is 5.06. The Labute approximate surface area is 140 Å². The molecule has 0 saturated heterocycles.